The summed E-state index contributed by atoms with van der Waals surface area (Å²) in [6.07, 6.45) is 1.91. The van der Waals surface area contributed by atoms with Crippen molar-refractivity contribution in [2.24, 2.45) is 4.99 Å². The first-order valence-corrected chi connectivity index (χ1v) is 2.94. The van der Waals surface area contributed by atoms with Gasteiger partial charge in [0.05, 0.1) is 0 Å². The molecule has 0 radical (unpaired) electrons. The van der Waals surface area contributed by atoms with Gasteiger partial charge in [-0.05, 0) is 13.3 Å². The van der Waals surface area contributed by atoms with E-state index < -0.39 is 5.54 Å². The number of cyclic esters (lactones) is 1. The van der Waals surface area contributed by atoms with Crippen LogP contribution < -0.4 is 0 Å². The second kappa shape index (κ2) is 1.83. The molecule has 1 aliphatic heterocycles. The summed E-state index contributed by atoms with van der Waals surface area (Å²) in [5.74, 6) is -0.245. The number of ether oxygens (including phenoxy) is 1. The van der Waals surface area contributed by atoms with E-state index in [-0.39, 0.29) is 5.97 Å². The fourth-order valence-electron chi connectivity index (χ4n) is 0.606. The summed E-state index contributed by atoms with van der Waals surface area (Å²) in [4.78, 5) is 14.7. The summed E-state index contributed by atoms with van der Waals surface area (Å²) in [6, 6.07) is 0. The Balaban J connectivity index is 2.78. The van der Waals surface area contributed by atoms with Gasteiger partial charge in [-0.15, -0.1) is 0 Å². The molecule has 1 aliphatic rings. The van der Waals surface area contributed by atoms with Crippen molar-refractivity contribution in [3.63, 3.8) is 0 Å². The number of carbonyl (C=O) groups excluding carboxylic acids is 1. The van der Waals surface area contributed by atoms with Gasteiger partial charge in [0, 0.05) is 0 Å². The molecule has 0 saturated carbocycles. The fraction of sp³-hybridized carbons (Fsp3) is 0.667. The maximum atomic E-state index is 10.8. The van der Waals surface area contributed by atoms with Crippen molar-refractivity contribution in [2.45, 2.75) is 25.8 Å². The first-order chi connectivity index (χ1) is 4.19. The molecule has 0 aromatic rings. The molecular formula is C6H9NO2. The van der Waals surface area contributed by atoms with Crippen LogP contribution in [0.2, 0.25) is 0 Å². The Kier molecular flexibility index (Phi) is 1.27. The molecule has 0 bridgehead atoms. The highest BCUT2D eigenvalue weighted by Gasteiger charge is 2.35. The predicted molar refractivity (Wildman–Crippen MR) is 33.3 cm³/mol. The Bertz CT molecular complexity index is 164. The molecule has 0 fully saturated rings. The molecule has 1 atom stereocenters. The van der Waals surface area contributed by atoms with Gasteiger partial charge >= 0.3 is 5.97 Å². The minimum absolute atomic E-state index is 0.245. The zero-order chi connectivity index (χ0) is 6.91. The monoisotopic (exact) mass is 127 g/mol. The lowest BCUT2D eigenvalue weighted by atomic mass is 10.0. The molecule has 1 unspecified atom stereocenters. The van der Waals surface area contributed by atoms with Crippen LogP contribution in [0.4, 0.5) is 0 Å². The Hall–Kier alpha value is -0.860. The molecule has 0 aromatic carbocycles. The van der Waals surface area contributed by atoms with E-state index in [1.54, 1.807) is 6.92 Å². The fourth-order valence-corrected chi connectivity index (χ4v) is 0.606. The van der Waals surface area contributed by atoms with Gasteiger partial charge in [-0.1, -0.05) is 6.92 Å². The zero-order valence-corrected chi connectivity index (χ0v) is 5.55. The number of hydrogen-bond acceptors (Lipinski definition) is 3. The molecule has 9 heavy (non-hydrogen) atoms. The second-order valence-corrected chi connectivity index (χ2v) is 2.27. The zero-order valence-electron chi connectivity index (χ0n) is 5.55. The Morgan fingerprint density at radius 2 is 2.56 bits per heavy atom. The molecule has 0 saturated heterocycles. The van der Waals surface area contributed by atoms with Crippen LogP contribution in [-0.4, -0.2) is 17.9 Å². The average Bonchev–Trinajstić information content (AvgIpc) is 2.15. The smallest absolute Gasteiger partial charge is 0.340 e. The second-order valence-electron chi connectivity index (χ2n) is 2.27. The van der Waals surface area contributed by atoms with Gasteiger partial charge in [0.25, 0.3) is 0 Å². The van der Waals surface area contributed by atoms with Crippen molar-refractivity contribution in [3.8, 4) is 0 Å². The van der Waals surface area contributed by atoms with Crippen molar-refractivity contribution < 1.29 is 9.53 Å². The van der Waals surface area contributed by atoms with Crippen LogP contribution in [0.15, 0.2) is 4.99 Å². The van der Waals surface area contributed by atoms with E-state index in [0.717, 1.165) is 0 Å². The van der Waals surface area contributed by atoms with Crippen LogP contribution in [0.25, 0.3) is 0 Å². The lowest BCUT2D eigenvalue weighted by molar-refractivity contribution is -0.138. The maximum Gasteiger partial charge on any atom is 0.340 e. The third-order valence-electron chi connectivity index (χ3n) is 1.63. The van der Waals surface area contributed by atoms with Crippen LogP contribution in [-0.2, 0) is 9.53 Å². The SMILES string of the molecule is CCC1(C)N=COC1=O. The van der Waals surface area contributed by atoms with Gasteiger partial charge in [-0.25, -0.2) is 9.79 Å². The molecule has 0 aromatic heterocycles. The van der Waals surface area contributed by atoms with E-state index in [1.165, 1.54) is 6.40 Å². The van der Waals surface area contributed by atoms with Gasteiger partial charge in [0.1, 0.15) is 0 Å². The predicted octanol–water partition coefficient (Wildman–Crippen LogP) is 0.740. The molecule has 3 nitrogen and oxygen atoms in total. The highest BCUT2D eigenvalue weighted by molar-refractivity contribution is 5.91. The number of esters is 1. The normalized spacial score (nSPS) is 32.9. The number of rotatable bonds is 1. The molecule has 0 spiro atoms. The van der Waals surface area contributed by atoms with Gasteiger partial charge in [-0.2, -0.15) is 0 Å². The molecule has 3 heteroatoms. The molecule has 50 valence electrons. The van der Waals surface area contributed by atoms with Crippen molar-refractivity contribution in [1.82, 2.24) is 0 Å². The topological polar surface area (TPSA) is 38.7 Å². The third-order valence-corrected chi connectivity index (χ3v) is 1.63. The number of aliphatic imine (C=N–C) groups is 1. The molecule has 0 N–H and O–H groups in total. The standard InChI is InChI=1S/C6H9NO2/c1-3-6(2)5(8)9-4-7-6/h4H,3H2,1-2H3. The minimum atomic E-state index is -0.597. The van der Waals surface area contributed by atoms with Crippen molar-refractivity contribution in [3.05, 3.63) is 0 Å². The summed E-state index contributed by atoms with van der Waals surface area (Å²) < 4.78 is 4.53. The average molecular weight is 127 g/mol. The molecule has 1 heterocycles. The Morgan fingerprint density at radius 1 is 1.89 bits per heavy atom. The van der Waals surface area contributed by atoms with Crippen molar-refractivity contribution in [2.75, 3.05) is 0 Å². The third kappa shape index (κ3) is 0.823. The van der Waals surface area contributed by atoms with E-state index in [4.69, 9.17) is 0 Å². The first kappa shape index (κ1) is 6.26. The van der Waals surface area contributed by atoms with Crippen molar-refractivity contribution in [1.29, 1.82) is 0 Å². The van der Waals surface area contributed by atoms with Gasteiger partial charge in [0.15, 0.2) is 11.9 Å². The minimum Gasteiger partial charge on any atom is -0.413 e. The summed E-state index contributed by atoms with van der Waals surface area (Å²) in [5, 5.41) is 0. The van der Waals surface area contributed by atoms with E-state index in [0.29, 0.717) is 6.42 Å². The number of hydrogen-bond donors (Lipinski definition) is 0. The highest BCUT2D eigenvalue weighted by atomic mass is 16.5. The Morgan fingerprint density at radius 3 is 2.78 bits per heavy atom. The molecule has 0 amide bonds. The first-order valence-electron chi connectivity index (χ1n) is 2.94. The van der Waals surface area contributed by atoms with E-state index in [1.807, 2.05) is 6.92 Å². The summed E-state index contributed by atoms with van der Waals surface area (Å²) in [5.41, 5.74) is -0.597. The van der Waals surface area contributed by atoms with Crippen LogP contribution in [0.3, 0.4) is 0 Å². The van der Waals surface area contributed by atoms with E-state index >= 15 is 0 Å². The lowest BCUT2D eigenvalue weighted by Gasteiger charge is -2.11. The molecule has 0 aliphatic carbocycles. The largest absolute Gasteiger partial charge is 0.413 e. The molecular weight excluding hydrogens is 118 g/mol. The van der Waals surface area contributed by atoms with Crippen LogP contribution in [0, 0.1) is 0 Å². The lowest BCUT2D eigenvalue weighted by Crippen LogP contribution is -2.28. The maximum absolute atomic E-state index is 10.8. The van der Waals surface area contributed by atoms with Crippen LogP contribution in [0.1, 0.15) is 20.3 Å². The van der Waals surface area contributed by atoms with Crippen LogP contribution in [0.5, 0.6) is 0 Å². The quantitative estimate of drug-likeness (QED) is 0.487. The Labute approximate surface area is 53.7 Å². The van der Waals surface area contributed by atoms with Gasteiger partial charge in [-0.3, -0.25) is 0 Å². The highest BCUT2D eigenvalue weighted by Crippen LogP contribution is 2.19. The van der Waals surface area contributed by atoms with Crippen molar-refractivity contribution >= 4 is 12.4 Å². The van der Waals surface area contributed by atoms with E-state index in [9.17, 15) is 4.79 Å². The summed E-state index contributed by atoms with van der Waals surface area (Å²) in [6.45, 7) is 3.67. The summed E-state index contributed by atoms with van der Waals surface area (Å²) in [7, 11) is 0. The molecule has 1 rings (SSSR count). The van der Waals surface area contributed by atoms with Gasteiger partial charge in [0.2, 0.25) is 0 Å². The summed E-state index contributed by atoms with van der Waals surface area (Å²) >= 11 is 0. The van der Waals surface area contributed by atoms with Crippen LogP contribution >= 0.6 is 0 Å². The van der Waals surface area contributed by atoms with E-state index in [2.05, 4.69) is 9.73 Å². The number of nitrogens with zero attached hydrogens (tertiary/aromatic N) is 1. The van der Waals surface area contributed by atoms with Gasteiger partial charge < -0.3 is 4.74 Å². The number of carbonyl (C=O) groups is 1.